The van der Waals surface area contributed by atoms with Crippen molar-refractivity contribution < 1.29 is 8.42 Å². The molecule has 1 aliphatic heterocycles. The highest BCUT2D eigenvalue weighted by Crippen LogP contribution is 2.27. The molecule has 2 rings (SSSR count). The SMILES string of the molecule is NC1=NS(=O)(=O)c2cc(I)ccc2N1. The van der Waals surface area contributed by atoms with Gasteiger partial charge in [-0.3, -0.25) is 0 Å². The summed E-state index contributed by atoms with van der Waals surface area (Å²) < 4.78 is 27.2. The molecule has 1 aliphatic rings. The van der Waals surface area contributed by atoms with Crippen molar-refractivity contribution in [3.8, 4) is 0 Å². The lowest BCUT2D eigenvalue weighted by molar-refractivity contribution is 0.597. The van der Waals surface area contributed by atoms with E-state index in [-0.39, 0.29) is 10.9 Å². The molecule has 0 saturated carbocycles. The molecule has 0 atom stereocenters. The topological polar surface area (TPSA) is 84.5 Å². The first-order chi connectivity index (χ1) is 6.49. The molecule has 0 spiro atoms. The Kier molecular flexibility index (Phi) is 2.14. The Morgan fingerprint density at radius 1 is 1.43 bits per heavy atom. The first-order valence-electron chi connectivity index (χ1n) is 3.66. The van der Waals surface area contributed by atoms with Crippen molar-refractivity contribution in [3.05, 3.63) is 21.8 Å². The van der Waals surface area contributed by atoms with Gasteiger partial charge < -0.3 is 11.1 Å². The lowest BCUT2D eigenvalue weighted by atomic mass is 10.3. The zero-order valence-electron chi connectivity index (χ0n) is 6.86. The standard InChI is InChI=1S/C7H6IN3O2S/c8-4-1-2-5-6(3-4)14(12,13)11-7(9)10-5/h1-3H,(H3,9,10,11). The molecule has 1 heterocycles. The summed E-state index contributed by atoms with van der Waals surface area (Å²) in [4.78, 5) is 0.165. The summed E-state index contributed by atoms with van der Waals surface area (Å²) >= 11 is 2.04. The number of hydrogen-bond acceptors (Lipinski definition) is 4. The van der Waals surface area contributed by atoms with Gasteiger partial charge in [0.1, 0.15) is 4.90 Å². The summed E-state index contributed by atoms with van der Waals surface area (Å²) in [6.07, 6.45) is 0. The average molecular weight is 323 g/mol. The number of nitrogens with one attached hydrogen (secondary N) is 1. The second-order valence-electron chi connectivity index (χ2n) is 2.72. The van der Waals surface area contributed by atoms with E-state index in [0.717, 1.165) is 3.57 Å². The van der Waals surface area contributed by atoms with Gasteiger partial charge in [-0.05, 0) is 40.8 Å². The molecule has 14 heavy (non-hydrogen) atoms. The molecule has 74 valence electrons. The summed E-state index contributed by atoms with van der Waals surface area (Å²) in [6, 6.07) is 5.00. The summed E-state index contributed by atoms with van der Waals surface area (Å²) in [7, 11) is -3.62. The Bertz CT molecular complexity index is 524. The number of fused-ring (bicyclic) bond motifs is 1. The molecule has 5 nitrogen and oxygen atoms in total. The molecule has 0 amide bonds. The Labute approximate surface area is 94.6 Å². The van der Waals surface area contributed by atoms with Crippen molar-refractivity contribution in [3.63, 3.8) is 0 Å². The van der Waals surface area contributed by atoms with E-state index < -0.39 is 10.0 Å². The normalized spacial score (nSPS) is 17.9. The first kappa shape index (κ1) is 9.71. The molecule has 0 unspecified atom stereocenters. The number of nitrogens with zero attached hydrogens (tertiary/aromatic N) is 1. The molecule has 0 bridgehead atoms. The minimum atomic E-state index is -3.62. The number of hydrogen-bond donors (Lipinski definition) is 2. The molecular formula is C7H6IN3O2S. The number of rotatable bonds is 0. The summed E-state index contributed by atoms with van der Waals surface area (Å²) in [5, 5.41) is 2.69. The zero-order chi connectivity index (χ0) is 10.3. The van der Waals surface area contributed by atoms with E-state index in [1.165, 1.54) is 0 Å². The number of benzene rings is 1. The van der Waals surface area contributed by atoms with E-state index in [2.05, 4.69) is 9.71 Å². The van der Waals surface area contributed by atoms with E-state index in [1.807, 2.05) is 22.6 Å². The van der Waals surface area contributed by atoms with Gasteiger partial charge in [0.05, 0.1) is 5.69 Å². The molecule has 0 radical (unpaired) electrons. The average Bonchev–Trinajstić information content (AvgIpc) is 2.05. The van der Waals surface area contributed by atoms with Crippen molar-refractivity contribution >= 4 is 44.3 Å². The molecule has 0 fully saturated rings. The fraction of sp³-hybridized carbons (Fsp3) is 0. The third-order valence-corrected chi connectivity index (χ3v) is 3.70. The van der Waals surface area contributed by atoms with Crippen LogP contribution in [0.1, 0.15) is 0 Å². The van der Waals surface area contributed by atoms with Crippen LogP contribution in [0.4, 0.5) is 5.69 Å². The number of halogens is 1. The van der Waals surface area contributed by atoms with Crippen molar-refractivity contribution in [2.45, 2.75) is 4.90 Å². The molecule has 1 aromatic carbocycles. The molecular weight excluding hydrogens is 317 g/mol. The van der Waals surface area contributed by atoms with Gasteiger partial charge in [-0.2, -0.15) is 8.42 Å². The van der Waals surface area contributed by atoms with E-state index in [1.54, 1.807) is 18.2 Å². The highest BCUT2D eigenvalue weighted by molar-refractivity contribution is 14.1. The van der Waals surface area contributed by atoms with Crippen LogP contribution in [0.3, 0.4) is 0 Å². The van der Waals surface area contributed by atoms with Gasteiger partial charge in [-0.1, -0.05) is 0 Å². The van der Waals surface area contributed by atoms with Crippen LogP contribution < -0.4 is 11.1 Å². The fourth-order valence-electron chi connectivity index (χ4n) is 1.15. The number of guanidine groups is 1. The fourth-order valence-corrected chi connectivity index (χ4v) is 2.93. The van der Waals surface area contributed by atoms with E-state index in [9.17, 15) is 8.42 Å². The molecule has 0 saturated heterocycles. The molecule has 0 aromatic heterocycles. The van der Waals surface area contributed by atoms with Gasteiger partial charge in [-0.15, -0.1) is 4.40 Å². The molecule has 3 N–H and O–H groups in total. The van der Waals surface area contributed by atoms with Crippen LogP contribution in [0.15, 0.2) is 27.5 Å². The van der Waals surface area contributed by atoms with Crippen LogP contribution in [0.5, 0.6) is 0 Å². The van der Waals surface area contributed by atoms with Gasteiger partial charge in [0, 0.05) is 3.57 Å². The van der Waals surface area contributed by atoms with Gasteiger partial charge in [0.15, 0.2) is 0 Å². The zero-order valence-corrected chi connectivity index (χ0v) is 9.83. The van der Waals surface area contributed by atoms with Crippen molar-refractivity contribution in [1.29, 1.82) is 0 Å². The highest BCUT2D eigenvalue weighted by Gasteiger charge is 2.23. The lowest BCUT2D eigenvalue weighted by Crippen LogP contribution is -2.28. The number of nitrogens with two attached hydrogens (primary N) is 1. The van der Waals surface area contributed by atoms with Gasteiger partial charge >= 0.3 is 0 Å². The lowest BCUT2D eigenvalue weighted by Gasteiger charge is -2.15. The van der Waals surface area contributed by atoms with E-state index in [4.69, 9.17) is 5.73 Å². The molecule has 0 aliphatic carbocycles. The van der Waals surface area contributed by atoms with Crippen LogP contribution in [0.2, 0.25) is 0 Å². The predicted molar refractivity (Wildman–Crippen MR) is 61.6 cm³/mol. The molecule has 7 heteroatoms. The van der Waals surface area contributed by atoms with Gasteiger partial charge in [-0.25, -0.2) is 0 Å². The first-order valence-corrected chi connectivity index (χ1v) is 6.18. The van der Waals surface area contributed by atoms with Crippen LogP contribution >= 0.6 is 22.6 Å². The Balaban J connectivity index is 2.73. The minimum absolute atomic E-state index is 0.0984. The maximum Gasteiger partial charge on any atom is 0.287 e. The smallest absolute Gasteiger partial charge is 0.287 e. The van der Waals surface area contributed by atoms with E-state index >= 15 is 0 Å². The van der Waals surface area contributed by atoms with Crippen LogP contribution in [-0.2, 0) is 10.0 Å². The largest absolute Gasteiger partial charge is 0.369 e. The number of sulfonamides is 1. The van der Waals surface area contributed by atoms with Gasteiger partial charge in [0.2, 0.25) is 5.96 Å². The van der Waals surface area contributed by atoms with Crippen molar-refractivity contribution in [2.24, 2.45) is 10.1 Å². The number of anilines is 1. The third kappa shape index (κ3) is 1.57. The molecule has 1 aromatic rings. The highest BCUT2D eigenvalue weighted by atomic mass is 127. The maximum absolute atomic E-state index is 11.5. The Morgan fingerprint density at radius 3 is 2.86 bits per heavy atom. The quantitative estimate of drug-likeness (QED) is 0.689. The van der Waals surface area contributed by atoms with Gasteiger partial charge in [0.25, 0.3) is 10.0 Å². The van der Waals surface area contributed by atoms with E-state index in [0.29, 0.717) is 5.69 Å². The monoisotopic (exact) mass is 323 g/mol. The van der Waals surface area contributed by atoms with Crippen molar-refractivity contribution in [1.82, 2.24) is 0 Å². The van der Waals surface area contributed by atoms with Crippen molar-refractivity contribution in [2.75, 3.05) is 5.32 Å². The van der Waals surface area contributed by atoms with Crippen LogP contribution in [0.25, 0.3) is 0 Å². The minimum Gasteiger partial charge on any atom is -0.369 e. The Hall–Kier alpha value is -0.830. The van der Waals surface area contributed by atoms with Crippen LogP contribution in [-0.4, -0.2) is 14.4 Å². The predicted octanol–water partition coefficient (Wildman–Crippen LogP) is 0.720. The Morgan fingerprint density at radius 2 is 2.14 bits per heavy atom. The second-order valence-corrected chi connectivity index (χ2v) is 5.54. The van der Waals surface area contributed by atoms with Crippen LogP contribution in [0, 0.1) is 3.57 Å². The second kappa shape index (κ2) is 3.09. The third-order valence-electron chi connectivity index (χ3n) is 1.70. The summed E-state index contributed by atoms with van der Waals surface area (Å²) in [5.74, 6) is -0.0984. The maximum atomic E-state index is 11.5. The summed E-state index contributed by atoms with van der Waals surface area (Å²) in [5.41, 5.74) is 5.79. The summed E-state index contributed by atoms with van der Waals surface area (Å²) in [6.45, 7) is 0.